The summed E-state index contributed by atoms with van der Waals surface area (Å²) in [6.45, 7) is 3.04. The van der Waals surface area contributed by atoms with Gasteiger partial charge in [-0.15, -0.1) is 0 Å². The van der Waals surface area contributed by atoms with Gasteiger partial charge in [0.1, 0.15) is 0 Å². The first-order valence-corrected chi connectivity index (χ1v) is 9.57. The van der Waals surface area contributed by atoms with Gasteiger partial charge in [-0.25, -0.2) is 0 Å². The Labute approximate surface area is 164 Å². The van der Waals surface area contributed by atoms with Crippen molar-refractivity contribution in [2.75, 3.05) is 13.1 Å². The molecule has 2 aromatic carbocycles. The molecule has 142 valence electrons. The minimum absolute atomic E-state index is 0.0470. The predicted octanol–water partition coefficient (Wildman–Crippen LogP) is 2.74. The van der Waals surface area contributed by atoms with E-state index in [2.05, 4.69) is 27.7 Å². The number of hydrogen-bond donors (Lipinski definition) is 2. The Morgan fingerprint density at radius 2 is 1.59 bits per heavy atom. The van der Waals surface area contributed by atoms with Crippen LogP contribution in [0.1, 0.15) is 24.0 Å². The van der Waals surface area contributed by atoms with Crippen molar-refractivity contribution in [1.82, 2.24) is 15.5 Å². The van der Waals surface area contributed by atoms with Gasteiger partial charge in [0.05, 0.1) is 0 Å². The number of benzene rings is 2. The highest BCUT2D eigenvalue weighted by Crippen LogP contribution is 2.14. The van der Waals surface area contributed by atoms with Crippen molar-refractivity contribution in [3.8, 4) is 0 Å². The summed E-state index contributed by atoms with van der Waals surface area (Å²) in [5.74, 6) is -1.16. The summed E-state index contributed by atoms with van der Waals surface area (Å²) in [6.07, 6.45) is 1.70. The van der Waals surface area contributed by atoms with Gasteiger partial charge in [0.25, 0.3) is 0 Å². The first-order valence-electron chi connectivity index (χ1n) is 9.19. The Balaban J connectivity index is 1.38. The van der Waals surface area contributed by atoms with Crippen LogP contribution in [-0.4, -0.2) is 35.8 Å². The van der Waals surface area contributed by atoms with Crippen LogP contribution >= 0.6 is 11.6 Å². The molecule has 2 amide bonds. The molecular weight excluding hydrogens is 362 g/mol. The molecule has 1 aliphatic heterocycles. The number of likely N-dealkylation sites (tertiary alicyclic amines) is 1. The van der Waals surface area contributed by atoms with Crippen LogP contribution in [0.25, 0.3) is 0 Å². The fourth-order valence-electron chi connectivity index (χ4n) is 3.19. The van der Waals surface area contributed by atoms with Crippen LogP contribution < -0.4 is 10.6 Å². The summed E-state index contributed by atoms with van der Waals surface area (Å²) in [7, 11) is 0. The van der Waals surface area contributed by atoms with Crippen LogP contribution in [0.3, 0.4) is 0 Å². The van der Waals surface area contributed by atoms with Gasteiger partial charge in [-0.05, 0) is 36.1 Å². The Morgan fingerprint density at radius 1 is 0.926 bits per heavy atom. The van der Waals surface area contributed by atoms with Crippen molar-refractivity contribution in [2.45, 2.75) is 32.0 Å². The van der Waals surface area contributed by atoms with Gasteiger partial charge < -0.3 is 10.6 Å². The monoisotopic (exact) mass is 385 g/mol. The number of piperidine rings is 1. The molecule has 6 heteroatoms. The normalized spacial score (nSPS) is 15.3. The SMILES string of the molecule is O=C(NCc1ccc(Cl)cc1)C(=O)NC1CCN(Cc2ccccc2)CC1. The molecule has 0 bridgehead atoms. The molecule has 0 atom stereocenters. The maximum atomic E-state index is 12.1. The molecule has 5 nitrogen and oxygen atoms in total. The zero-order valence-corrected chi connectivity index (χ0v) is 15.9. The van der Waals surface area contributed by atoms with Crippen LogP contribution in [0.4, 0.5) is 0 Å². The molecule has 2 aromatic rings. The summed E-state index contributed by atoms with van der Waals surface area (Å²) in [6, 6.07) is 17.6. The van der Waals surface area contributed by atoms with Gasteiger partial charge in [-0.3, -0.25) is 14.5 Å². The number of nitrogens with zero attached hydrogens (tertiary/aromatic N) is 1. The van der Waals surface area contributed by atoms with E-state index in [4.69, 9.17) is 11.6 Å². The van der Waals surface area contributed by atoms with Gasteiger partial charge in [0, 0.05) is 37.2 Å². The lowest BCUT2D eigenvalue weighted by atomic mass is 10.0. The largest absolute Gasteiger partial charge is 0.345 e. The molecule has 1 aliphatic rings. The van der Waals surface area contributed by atoms with Gasteiger partial charge in [-0.1, -0.05) is 54.1 Å². The summed E-state index contributed by atoms with van der Waals surface area (Å²) in [5.41, 5.74) is 2.19. The highest BCUT2D eigenvalue weighted by Gasteiger charge is 2.23. The van der Waals surface area contributed by atoms with Gasteiger partial charge >= 0.3 is 11.8 Å². The fourth-order valence-corrected chi connectivity index (χ4v) is 3.32. The first kappa shape index (κ1) is 19.4. The molecule has 0 aliphatic carbocycles. The molecule has 0 unspecified atom stereocenters. The maximum absolute atomic E-state index is 12.1. The lowest BCUT2D eigenvalue weighted by Gasteiger charge is -2.32. The Hall–Kier alpha value is -2.37. The van der Waals surface area contributed by atoms with E-state index >= 15 is 0 Å². The van der Waals surface area contributed by atoms with E-state index in [9.17, 15) is 9.59 Å². The summed E-state index contributed by atoms with van der Waals surface area (Å²) in [5, 5.41) is 6.13. The number of hydrogen-bond acceptors (Lipinski definition) is 3. The summed E-state index contributed by atoms with van der Waals surface area (Å²) >= 11 is 5.83. The third-order valence-corrected chi connectivity index (χ3v) is 5.00. The average Bonchev–Trinajstić information content (AvgIpc) is 2.69. The second-order valence-electron chi connectivity index (χ2n) is 6.82. The number of nitrogens with one attached hydrogen (secondary N) is 2. The molecule has 1 heterocycles. The van der Waals surface area contributed by atoms with Crippen LogP contribution in [0.5, 0.6) is 0 Å². The molecule has 27 heavy (non-hydrogen) atoms. The third kappa shape index (κ3) is 6.08. The highest BCUT2D eigenvalue weighted by atomic mass is 35.5. The van der Waals surface area contributed by atoms with Crippen molar-refractivity contribution in [2.24, 2.45) is 0 Å². The van der Waals surface area contributed by atoms with Crippen molar-refractivity contribution in [3.05, 3.63) is 70.7 Å². The zero-order valence-electron chi connectivity index (χ0n) is 15.2. The number of carbonyl (C=O) groups excluding carboxylic acids is 2. The molecule has 3 rings (SSSR count). The van der Waals surface area contributed by atoms with E-state index in [-0.39, 0.29) is 6.04 Å². The minimum Gasteiger partial charge on any atom is -0.345 e. The molecular formula is C21H24ClN3O2. The number of amides is 2. The van der Waals surface area contributed by atoms with E-state index in [1.165, 1.54) is 5.56 Å². The third-order valence-electron chi connectivity index (χ3n) is 4.74. The van der Waals surface area contributed by atoms with E-state index in [0.29, 0.717) is 11.6 Å². The second-order valence-corrected chi connectivity index (χ2v) is 7.26. The summed E-state index contributed by atoms with van der Waals surface area (Å²) in [4.78, 5) is 26.5. The molecule has 2 N–H and O–H groups in total. The fraction of sp³-hybridized carbons (Fsp3) is 0.333. The lowest BCUT2D eigenvalue weighted by Crippen LogP contribution is -2.48. The van der Waals surface area contributed by atoms with Crippen LogP contribution in [0.15, 0.2) is 54.6 Å². The number of halogens is 1. The van der Waals surface area contributed by atoms with Crippen molar-refractivity contribution in [3.63, 3.8) is 0 Å². The number of carbonyl (C=O) groups is 2. The Kier molecular flexibility index (Phi) is 6.85. The Morgan fingerprint density at radius 3 is 2.26 bits per heavy atom. The van der Waals surface area contributed by atoms with Crippen LogP contribution in [0.2, 0.25) is 5.02 Å². The topological polar surface area (TPSA) is 61.4 Å². The maximum Gasteiger partial charge on any atom is 0.309 e. The molecule has 0 spiro atoms. The van der Waals surface area contributed by atoms with E-state index < -0.39 is 11.8 Å². The van der Waals surface area contributed by atoms with Crippen molar-refractivity contribution >= 4 is 23.4 Å². The van der Waals surface area contributed by atoms with Crippen LogP contribution in [-0.2, 0) is 22.7 Å². The molecule has 0 radical (unpaired) electrons. The van der Waals surface area contributed by atoms with Gasteiger partial charge in [0.15, 0.2) is 0 Å². The molecule has 1 fully saturated rings. The van der Waals surface area contributed by atoms with Crippen LogP contribution in [0, 0.1) is 0 Å². The molecule has 0 saturated carbocycles. The second kappa shape index (κ2) is 9.53. The van der Waals surface area contributed by atoms with Crippen molar-refractivity contribution < 1.29 is 9.59 Å². The average molecular weight is 386 g/mol. The quantitative estimate of drug-likeness (QED) is 0.778. The highest BCUT2D eigenvalue weighted by molar-refractivity contribution is 6.35. The molecule has 1 saturated heterocycles. The van der Waals surface area contributed by atoms with E-state index in [0.717, 1.165) is 38.0 Å². The summed E-state index contributed by atoms with van der Waals surface area (Å²) < 4.78 is 0. The van der Waals surface area contributed by atoms with Gasteiger partial charge in [-0.2, -0.15) is 0 Å². The zero-order chi connectivity index (χ0) is 19.1. The standard InChI is InChI=1S/C21H24ClN3O2/c22-18-8-6-16(7-9-18)14-23-20(26)21(27)24-19-10-12-25(13-11-19)15-17-4-2-1-3-5-17/h1-9,19H,10-15H2,(H,23,26)(H,24,27). The van der Waals surface area contributed by atoms with E-state index in [1.54, 1.807) is 12.1 Å². The van der Waals surface area contributed by atoms with Crippen molar-refractivity contribution in [1.29, 1.82) is 0 Å². The Bertz CT molecular complexity index is 757. The predicted molar refractivity (Wildman–Crippen MR) is 106 cm³/mol. The first-order chi connectivity index (χ1) is 13.1. The number of rotatable bonds is 5. The minimum atomic E-state index is -0.600. The van der Waals surface area contributed by atoms with Gasteiger partial charge in [0.2, 0.25) is 0 Å². The van der Waals surface area contributed by atoms with E-state index in [1.807, 2.05) is 30.3 Å². The lowest BCUT2D eigenvalue weighted by molar-refractivity contribution is -0.139. The smallest absolute Gasteiger partial charge is 0.309 e. The molecule has 0 aromatic heterocycles.